The molecule has 6 nitrogen and oxygen atoms in total. The predicted molar refractivity (Wildman–Crippen MR) is 109 cm³/mol. The highest BCUT2D eigenvalue weighted by atomic mass is 16.7. The number of rotatable bonds is 3. The van der Waals surface area contributed by atoms with Gasteiger partial charge in [-0.1, -0.05) is 19.1 Å². The first-order valence-corrected chi connectivity index (χ1v) is 9.27. The van der Waals surface area contributed by atoms with E-state index in [1.54, 1.807) is 19.1 Å². The van der Waals surface area contributed by atoms with E-state index in [9.17, 15) is 4.79 Å². The molecule has 3 heterocycles. The van der Waals surface area contributed by atoms with E-state index in [2.05, 4.69) is 40.7 Å². The molecule has 1 N–H and O–H groups in total. The molecule has 1 aromatic carbocycles. The van der Waals surface area contributed by atoms with E-state index in [1.165, 1.54) is 10.6 Å². The standard InChI is InChI=1S/C22H22N4O2/c1-5-16-6-8-18(9-7-16)25-13(2)10-17(15(25)4)12-19-21(23)26-20(24-22(19)27)11-14(3)28-26/h6-12,23H,5H2,1-4H3/b19-12-,23-21?. The molecule has 0 atom stereocenters. The number of aryl methyl sites for hydroxylation is 2. The first-order valence-electron chi connectivity index (χ1n) is 9.27. The van der Waals surface area contributed by atoms with Crippen LogP contribution in [0.2, 0.25) is 0 Å². The predicted octanol–water partition coefficient (Wildman–Crippen LogP) is 4.11. The van der Waals surface area contributed by atoms with Crippen LogP contribution in [0.3, 0.4) is 0 Å². The van der Waals surface area contributed by atoms with Crippen molar-refractivity contribution in [1.82, 2.24) is 9.63 Å². The smallest absolute Gasteiger partial charge is 0.282 e. The molecule has 2 aromatic rings. The summed E-state index contributed by atoms with van der Waals surface area (Å²) in [7, 11) is 0. The number of carbonyl (C=O) groups excluding carboxylic acids is 1. The van der Waals surface area contributed by atoms with Crippen LogP contribution in [0.15, 0.2) is 52.7 Å². The lowest BCUT2D eigenvalue weighted by atomic mass is 10.1. The van der Waals surface area contributed by atoms with Crippen LogP contribution in [-0.4, -0.2) is 27.2 Å². The average molecular weight is 374 g/mol. The summed E-state index contributed by atoms with van der Waals surface area (Å²) in [4.78, 5) is 22.0. The van der Waals surface area contributed by atoms with Crippen LogP contribution >= 0.6 is 0 Å². The minimum absolute atomic E-state index is 0.000187. The zero-order valence-corrected chi connectivity index (χ0v) is 16.4. The Labute approximate surface area is 163 Å². The van der Waals surface area contributed by atoms with Crippen molar-refractivity contribution >= 4 is 23.7 Å². The minimum atomic E-state index is -0.428. The molecule has 0 saturated heterocycles. The van der Waals surface area contributed by atoms with Crippen LogP contribution in [0.4, 0.5) is 0 Å². The molecule has 2 aliphatic heterocycles. The number of aliphatic imine (C=N–C) groups is 1. The van der Waals surface area contributed by atoms with Gasteiger partial charge in [-0.25, -0.2) is 0 Å². The Morgan fingerprint density at radius 3 is 2.57 bits per heavy atom. The van der Waals surface area contributed by atoms with Crippen molar-refractivity contribution in [3.05, 3.63) is 70.3 Å². The lowest BCUT2D eigenvalue weighted by Gasteiger charge is -2.22. The normalized spacial score (nSPS) is 17.6. The van der Waals surface area contributed by atoms with Gasteiger partial charge in [0, 0.05) is 23.2 Å². The maximum Gasteiger partial charge on any atom is 0.282 e. The zero-order valence-electron chi connectivity index (χ0n) is 16.4. The van der Waals surface area contributed by atoms with Crippen molar-refractivity contribution in [1.29, 1.82) is 5.41 Å². The second-order valence-corrected chi connectivity index (χ2v) is 7.00. The first-order chi connectivity index (χ1) is 13.4. The number of allylic oxidation sites excluding steroid dienone is 1. The lowest BCUT2D eigenvalue weighted by molar-refractivity contribution is -0.114. The number of nitrogens with one attached hydrogen (secondary N) is 1. The molecule has 6 heteroatoms. The summed E-state index contributed by atoms with van der Waals surface area (Å²) >= 11 is 0. The third-order valence-electron chi connectivity index (χ3n) is 5.05. The van der Waals surface area contributed by atoms with Gasteiger partial charge in [0.25, 0.3) is 5.91 Å². The van der Waals surface area contributed by atoms with E-state index >= 15 is 0 Å². The van der Waals surface area contributed by atoms with Crippen molar-refractivity contribution in [2.75, 3.05) is 0 Å². The first kappa shape index (κ1) is 18.0. The fourth-order valence-electron chi connectivity index (χ4n) is 3.57. The van der Waals surface area contributed by atoms with Gasteiger partial charge in [0.1, 0.15) is 5.76 Å². The minimum Gasteiger partial charge on any atom is -0.376 e. The van der Waals surface area contributed by atoms with Gasteiger partial charge in [-0.05, 0) is 62.6 Å². The number of benzene rings is 1. The van der Waals surface area contributed by atoms with Crippen LogP contribution in [0.25, 0.3) is 11.8 Å². The van der Waals surface area contributed by atoms with Gasteiger partial charge < -0.3 is 9.40 Å². The zero-order chi connectivity index (χ0) is 20.0. The van der Waals surface area contributed by atoms with E-state index in [-0.39, 0.29) is 11.4 Å². The molecule has 0 fully saturated rings. The number of amidine groups is 2. The molecule has 28 heavy (non-hydrogen) atoms. The van der Waals surface area contributed by atoms with Crippen LogP contribution in [0.1, 0.15) is 36.4 Å². The molecule has 4 rings (SSSR count). The monoisotopic (exact) mass is 374 g/mol. The fourth-order valence-corrected chi connectivity index (χ4v) is 3.57. The maximum absolute atomic E-state index is 12.5. The molecule has 2 aliphatic rings. The SMILES string of the molecule is CCc1ccc(-n2c(C)cc(/C=C3/C(=N)N4OC(C)=CC4=NC3=O)c2C)cc1. The Hall–Kier alpha value is -3.41. The van der Waals surface area contributed by atoms with Gasteiger partial charge in [-0.15, -0.1) is 5.06 Å². The second-order valence-electron chi connectivity index (χ2n) is 7.00. The quantitative estimate of drug-likeness (QED) is 0.822. The molecular formula is C22H22N4O2. The van der Waals surface area contributed by atoms with Gasteiger partial charge in [-0.3, -0.25) is 10.2 Å². The molecule has 0 bridgehead atoms. The van der Waals surface area contributed by atoms with Crippen molar-refractivity contribution in [2.24, 2.45) is 4.99 Å². The fraction of sp³-hybridized carbons (Fsp3) is 0.227. The van der Waals surface area contributed by atoms with E-state index in [0.717, 1.165) is 29.1 Å². The van der Waals surface area contributed by atoms with E-state index in [1.807, 2.05) is 19.9 Å². The maximum atomic E-state index is 12.5. The molecule has 0 radical (unpaired) electrons. The Kier molecular flexibility index (Phi) is 4.26. The number of nitrogens with zero attached hydrogens (tertiary/aromatic N) is 3. The molecule has 1 amide bonds. The third-order valence-corrected chi connectivity index (χ3v) is 5.05. The third kappa shape index (κ3) is 2.87. The van der Waals surface area contributed by atoms with Gasteiger partial charge in [0.05, 0.1) is 5.57 Å². The number of hydrogen-bond donors (Lipinski definition) is 1. The summed E-state index contributed by atoms with van der Waals surface area (Å²) < 4.78 is 2.15. The number of hydrogen-bond acceptors (Lipinski definition) is 3. The summed E-state index contributed by atoms with van der Waals surface area (Å²) in [5.74, 6) is 0.528. The average Bonchev–Trinajstić information content (AvgIpc) is 3.17. The largest absolute Gasteiger partial charge is 0.376 e. The van der Waals surface area contributed by atoms with E-state index < -0.39 is 5.91 Å². The second kappa shape index (κ2) is 6.64. The van der Waals surface area contributed by atoms with Crippen LogP contribution in [0.5, 0.6) is 0 Å². The summed E-state index contributed by atoms with van der Waals surface area (Å²) in [5, 5.41) is 9.66. The topological polar surface area (TPSA) is 70.7 Å². The molecule has 0 unspecified atom stereocenters. The molecule has 1 aromatic heterocycles. The Morgan fingerprint density at radius 1 is 1.18 bits per heavy atom. The van der Waals surface area contributed by atoms with Gasteiger partial charge in [0.15, 0.2) is 11.7 Å². The molecular weight excluding hydrogens is 352 g/mol. The molecule has 0 saturated carbocycles. The highest BCUT2D eigenvalue weighted by molar-refractivity contribution is 6.32. The van der Waals surface area contributed by atoms with Crippen LogP contribution in [-0.2, 0) is 16.1 Å². The number of amides is 1. The van der Waals surface area contributed by atoms with Crippen LogP contribution in [0, 0.1) is 19.3 Å². The Morgan fingerprint density at radius 2 is 1.89 bits per heavy atom. The number of fused-ring (bicyclic) bond motifs is 1. The van der Waals surface area contributed by atoms with Crippen LogP contribution < -0.4 is 0 Å². The number of hydroxylamine groups is 2. The van der Waals surface area contributed by atoms with E-state index in [0.29, 0.717) is 11.6 Å². The summed E-state index contributed by atoms with van der Waals surface area (Å²) in [6, 6.07) is 10.5. The molecule has 0 aliphatic carbocycles. The van der Waals surface area contributed by atoms with Crippen molar-refractivity contribution in [3.63, 3.8) is 0 Å². The van der Waals surface area contributed by atoms with Crippen molar-refractivity contribution in [2.45, 2.75) is 34.1 Å². The van der Waals surface area contributed by atoms with Gasteiger partial charge >= 0.3 is 0 Å². The summed E-state index contributed by atoms with van der Waals surface area (Å²) in [6.07, 6.45) is 4.37. The molecule has 0 spiro atoms. The van der Waals surface area contributed by atoms with Gasteiger partial charge in [0.2, 0.25) is 0 Å². The lowest BCUT2D eigenvalue weighted by Crippen LogP contribution is -2.38. The number of aromatic nitrogens is 1. The highest BCUT2D eigenvalue weighted by Gasteiger charge is 2.34. The van der Waals surface area contributed by atoms with Gasteiger partial charge in [-0.2, -0.15) is 4.99 Å². The summed E-state index contributed by atoms with van der Waals surface area (Å²) in [6.45, 7) is 7.94. The molecule has 142 valence electrons. The van der Waals surface area contributed by atoms with E-state index in [4.69, 9.17) is 10.2 Å². The Balaban J connectivity index is 1.73. The number of carbonyl (C=O) groups is 1. The highest BCUT2D eigenvalue weighted by Crippen LogP contribution is 2.27. The Bertz CT molecular complexity index is 1080. The summed E-state index contributed by atoms with van der Waals surface area (Å²) in [5.41, 5.74) is 5.52. The van der Waals surface area contributed by atoms with Crippen molar-refractivity contribution in [3.8, 4) is 5.69 Å². The van der Waals surface area contributed by atoms with Crippen molar-refractivity contribution < 1.29 is 9.63 Å².